The summed E-state index contributed by atoms with van der Waals surface area (Å²) < 4.78 is 70.2. The van der Waals surface area contributed by atoms with Crippen molar-refractivity contribution in [3.05, 3.63) is 76.9 Å². The molecule has 0 aliphatic rings. The molecule has 10 heteroatoms. The predicted octanol–water partition coefficient (Wildman–Crippen LogP) is 5.93. The lowest BCUT2D eigenvalue weighted by atomic mass is 9.93. The van der Waals surface area contributed by atoms with Gasteiger partial charge in [0.1, 0.15) is 5.75 Å². The molecule has 1 amide bonds. The first-order valence-corrected chi connectivity index (χ1v) is 12.8. The number of alkyl halides is 3. The van der Waals surface area contributed by atoms with Crippen LogP contribution < -0.4 is 15.2 Å². The minimum atomic E-state index is -4.58. The highest BCUT2D eigenvalue weighted by atomic mass is 32.2. The summed E-state index contributed by atoms with van der Waals surface area (Å²) in [5.74, 6) is -0.346. The van der Waals surface area contributed by atoms with Crippen molar-refractivity contribution in [1.82, 2.24) is 0 Å². The molecule has 0 saturated heterocycles. The number of benzene rings is 3. The standard InChI is InChI=1S/C26H27F3N2O4S/c1-4-12-35-20-8-10-22(23(15-20)26(27,28)29)21-9-7-19(14-17(21)5-2)31-25(32)18-6-11-24(16(3)13-18)36(30,33)34/h6-11,13-15H,4-5,12H2,1-3H3,(H,31,32)(H2,30,33,34). The molecule has 3 rings (SSSR count). The molecule has 0 heterocycles. The van der Waals surface area contributed by atoms with Crippen LogP contribution in [0.4, 0.5) is 18.9 Å². The smallest absolute Gasteiger partial charge is 0.417 e. The van der Waals surface area contributed by atoms with E-state index in [-0.39, 0.29) is 21.8 Å². The van der Waals surface area contributed by atoms with Crippen LogP contribution in [0.25, 0.3) is 11.1 Å². The molecule has 6 nitrogen and oxygen atoms in total. The Kier molecular flexibility index (Phi) is 8.10. The highest BCUT2D eigenvalue weighted by molar-refractivity contribution is 7.89. The molecular formula is C26H27F3N2O4S. The third-order valence-corrected chi connectivity index (χ3v) is 6.62. The fourth-order valence-corrected chi connectivity index (χ4v) is 4.61. The van der Waals surface area contributed by atoms with Gasteiger partial charge in [-0.15, -0.1) is 0 Å². The zero-order chi connectivity index (χ0) is 26.7. The molecule has 0 aliphatic heterocycles. The number of nitrogens with two attached hydrogens (primary N) is 1. The molecule has 3 N–H and O–H groups in total. The summed E-state index contributed by atoms with van der Waals surface area (Å²) in [6, 6.07) is 12.6. The van der Waals surface area contributed by atoms with Crippen LogP contribution in [-0.2, 0) is 22.6 Å². The average molecular weight is 521 g/mol. The van der Waals surface area contributed by atoms with Gasteiger partial charge >= 0.3 is 6.18 Å². The Bertz CT molecular complexity index is 1390. The SMILES string of the molecule is CCCOc1ccc(-c2ccc(NC(=O)c3ccc(S(N)(=O)=O)c(C)c3)cc2CC)c(C(F)(F)F)c1. The van der Waals surface area contributed by atoms with E-state index in [0.717, 1.165) is 6.07 Å². The minimum absolute atomic E-state index is 0.0234. The number of aryl methyl sites for hydroxylation is 2. The van der Waals surface area contributed by atoms with Gasteiger partial charge in [-0.1, -0.05) is 26.0 Å². The van der Waals surface area contributed by atoms with Gasteiger partial charge in [-0.25, -0.2) is 13.6 Å². The molecule has 0 bridgehead atoms. The Morgan fingerprint density at radius 1 is 1.00 bits per heavy atom. The lowest BCUT2D eigenvalue weighted by molar-refractivity contribution is -0.137. The lowest BCUT2D eigenvalue weighted by Crippen LogP contribution is -2.16. The largest absolute Gasteiger partial charge is 0.494 e. The van der Waals surface area contributed by atoms with Gasteiger partial charge in [0, 0.05) is 11.3 Å². The number of sulfonamides is 1. The van der Waals surface area contributed by atoms with Gasteiger partial charge in [0.2, 0.25) is 10.0 Å². The Morgan fingerprint density at radius 2 is 1.69 bits per heavy atom. The molecule has 3 aromatic rings. The second-order valence-corrected chi connectivity index (χ2v) is 9.79. The van der Waals surface area contributed by atoms with Crippen LogP contribution in [0.3, 0.4) is 0 Å². The van der Waals surface area contributed by atoms with Gasteiger partial charge in [-0.05, 0) is 84.5 Å². The number of hydrogen-bond donors (Lipinski definition) is 2. The molecule has 36 heavy (non-hydrogen) atoms. The maximum atomic E-state index is 13.9. The van der Waals surface area contributed by atoms with Crippen LogP contribution in [0.2, 0.25) is 0 Å². The molecule has 0 fully saturated rings. The predicted molar refractivity (Wildman–Crippen MR) is 133 cm³/mol. The lowest BCUT2D eigenvalue weighted by Gasteiger charge is -2.18. The van der Waals surface area contributed by atoms with Crippen LogP contribution >= 0.6 is 0 Å². The zero-order valence-electron chi connectivity index (χ0n) is 20.1. The van der Waals surface area contributed by atoms with Gasteiger partial charge < -0.3 is 10.1 Å². The summed E-state index contributed by atoms with van der Waals surface area (Å²) in [6.07, 6.45) is -3.49. The van der Waals surface area contributed by atoms with Crippen molar-refractivity contribution in [2.45, 2.75) is 44.7 Å². The van der Waals surface area contributed by atoms with Gasteiger partial charge in [0.05, 0.1) is 17.1 Å². The molecule has 0 unspecified atom stereocenters. The van der Waals surface area contributed by atoms with Gasteiger partial charge in [-0.2, -0.15) is 13.2 Å². The fourth-order valence-electron chi connectivity index (χ4n) is 3.84. The van der Waals surface area contributed by atoms with Crippen LogP contribution in [0.15, 0.2) is 59.5 Å². The number of primary sulfonamides is 1. The van der Waals surface area contributed by atoms with E-state index in [0.29, 0.717) is 41.8 Å². The third kappa shape index (κ3) is 6.24. The first-order chi connectivity index (χ1) is 16.8. The highest BCUT2D eigenvalue weighted by Crippen LogP contribution is 2.41. The Hall–Kier alpha value is -3.37. The molecule has 0 aromatic heterocycles. The first-order valence-electron chi connectivity index (χ1n) is 11.3. The van der Waals surface area contributed by atoms with E-state index >= 15 is 0 Å². The van der Waals surface area contributed by atoms with Crippen molar-refractivity contribution < 1.29 is 31.1 Å². The topological polar surface area (TPSA) is 98.5 Å². The maximum absolute atomic E-state index is 13.9. The van der Waals surface area contributed by atoms with E-state index in [1.54, 1.807) is 12.1 Å². The van der Waals surface area contributed by atoms with Crippen LogP contribution in [-0.4, -0.2) is 20.9 Å². The summed E-state index contributed by atoms with van der Waals surface area (Å²) in [5.41, 5.74) is 1.16. The maximum Gasteiger partial charge on any atom is 0.417 e. The Morgan fingerprint density at radius 3 is 2.28 bits per heavy atom. The Labute approximate surface area is 208 Å². The van der Waals surface area contributed by atoms with Gasteiger partial charge in [0.25, 0.3) is 5.91 Å². The number of hydrogen-bond acceptors (Lipinski definition) is 4. The van der Waals surface area contributed by atoms with Crippen LogP contribution in [0, 0.1) is 6.92 Å². The van der Waals surface area contributed by atoms with E-state index in [2.05, 4.69) is 5.32 Å². The average Bonchev–Trinajstić information content (AvgIpc) is 2.81. The van der Waals surface area contributed by atoms with Crippen molar-refractivity contribution in [2.24, 2.45) is 5.14 Å². The molecule has 192 valence electrons. The van der Waals surface area contributed by atoms with Gasteiger partial charge in [0.15, 0.2) is 0 Å². The number of carbonyl (C=O) groups is 1. The van der Waals surface area contributed by atoms with Crippen LogP contribution in [0.5, 0.6) is 5.75 Å². The van der Waals surface area contributed by atoms with Crippen molar-refractivity contribution in [3.63, 3.8) is 0 Å². The summed E-state index contributed by atoms with van der Waals surface area (Å²) in [4.78, 5) is 12.7. The highest BCUT2D eigenvalue weighted by Gasteiger charge is 2.34. The zero-order valence-corrected chi connectivity index (χ0v) is 20.9. The number of ether oxygens (including phenoxy) is 1. The number of carbonyl (C=O) groups excluding carboxylic acids is 1. The molecular weight excluding hydrogens is 493 g/mol. The van der Waals surface area contributed by atoms with Crippen molar-refractivity contribution in [1.29, 1.82) is 0 Å². The second-order valence-electron chi connectivity index (χ2n) is 8.26. The van der Waals surface area contributed by atoms with Gasteiger partial charge in [-0.3, -0.25) is 4.79 Å². The summed E-state index contributed by atoms with van der Waals surface area (Å²) >= 11 is 0. The van der Waals surface area contributed by atoms with E-state index in [9.17, 15) is 26.4 Å². The van der Waals surface area contributed by atoms with Crippen LogP contribution in [0.1, 0.15) is 47.3 Å². The second kappa shape index (κ2) is 10.7. The number of amides is 1. The van der Waals surface area contributed by atoms with Crippen molar-refractivity contribution in [3.8, 4) is 16.9 Å². The number of nitrogens with one attached hydrogen (secondary N) is 1. The quantitative estimate of drug-likeness (QED) is 0.385. The molecule has 0 aliphatic carbocycles. The summed E-state index contributed by atoms with van der Waals surface area (Å²) in [5, 5.41) is 7.88. The first kappa shape index (κ1) is 27.2. The molecule has 0 saturated carbocycles. The monoisotopic (exact) mass is 520 g/mol. The number of rotatable bonds is 8. The molecule has 0 radical (unpaired) electrons. The van der Waals surface area contributed by atoms with E-state index in [1.165, 1.54) is 43.3 Å². The molecule has 0 spiro atoms. The normalized spacial score (nSPS) is 11.9. The van der Waals surface area contributed by atoms with E-state index in [4.69, 9.17) is 9.88 Å². The van der Waals surface area contributed by atoms with E-state index in [1.807, 2.05) is 13.8 Å². The third-order valence-electron chi connectivity index (χ3n) is 5.55. The number of anilines is 1. The summed E-state index contributed by atoms with van der Waals surface area (Å²) in [6.45, 7) is 5.52. The minimum Gasteiger partial charge on any atom is -0.494 e. The van der Waals surface area contributed by atoms with Crippen molar-refractivity contribution in [2.75, 3.05) is 11.9 Å². The Balaban J connectivity index is 1.94. The molecule has 3 aromatic carbocycles. The summed E-state index contributed by atoms with van der Waals surface area (Å²) in [7, 11) is -3.92. The fraction of sp³-hybridized carbons (Fsp3) is 0.269. The molecule has 0 atom stereocenters. The van der Waals surface area contributed by atoms with Crippen molar-refractivity contribution >= 4 is 21.6 Å². The van der Waals surface area contributed by atoms with E-state index < -0.39 is 27.7 Å². The number of halogens is 3.